The number of piperidine rings is 1. The Morgan fingerprint density at radius 2 is 2.21 bits per heavy atom. The molecule has 1 aromatic heterocycles. The molecule has 1 aliphatic heterocycles. The van der Waals surface area contributed by atoms with E-state index in [4.69, 9.17) is 29.6 Å². The number of nitrogens with two attached hydrogens (primary N) is 1. The van der Waals surface area contributed by atoms with Gasteiger partial charge in [0.15, 0.2) is 0 Å². The smallest absolute Gasteiger partial charge is 0.261 e. The van der Waals surface area contributed by atoms with E-state index >= 15 is 0 Å². The molecule has 1 aromatic rings. The summed E-state index contributed by atoms with van der Waals surface area (Å²) in [5.74, 6) is -0.0373. The highest BCUT2D eigenvalue weighted by Gasteiger charge is 2.21. The molecule has 1 amide bonds. The Bertz CT molecular complexity index is 469. The Kier molecular flexibility index (Phi) is 5.15. The van der Waals surface area contributed by atoms with Crippen LogP contribution < -0.4 is 11.1 Å². The largest absolute Gasteiger partial charge is 0.392 e. The number of nitrogens with one attached hydrogen (secondary N) is 1. The van der Waals surface area contributed by atoms with E-state index in [9.17, 15) is 4.79 Å². The summed E-state index contributed by atoms with van der Waals surface area (Å²) in [4.78, 5) is 15.4. The van der Waals surface area contributed by atoms with Crippen LogP contribution in [0.4, 0.5) is 0 Å². The van der Waals surface area contributed by atoms with E-state index in [-0.39, 0.29) is 11.9 Å². The molecule has 4 nitrogen and oxygen atoms in total. The lowest BCUT2D eigenvalue weighted by Crippen LogP contribution is -2.46. The minimum Gasteiger partial charge on any atom is -0.392 e. The van der Waals surface area contributed by atoms with Crippen molar-refractivity contribution in [2.75, 3.05) is 19.6 Å². The summed E-state index contributed by atoms with van der Waals surface area (Å²) in [7, 11) is 0. The molecule has 3 N–H and O–H groups in total. The van der Waals surface area contributed by atoms with Gasteiger partial charge < -0.3 is 11.1 Å². The van der Waals surface area contributed by atoms with E-state index in [0.29, 0.717) is 20.7 Å². The summed E-state index contributed by atoms with van der Waals surface area (Å²) in [6.45, 7) is 2.48. The zero-order valence-corrected chi connectivity index (χ0v) is 12.8. The highest BCUT2D eigenvalue weighted by molar-refractivity contribution is 7.80. The second-order valence-corrected chi connectivity index (χ2v) is 6.83. The lowest BCUT2D eigenvalue weighted by Gasteiger charge is -2.31. The SMILES string of the molecule is NC(=S)CN1CCC(NC(=O)c2ccc(Cl)s2)CC1. The lowest BCUT2D eigenvalue weighted by molar-refractivity contribution is 0.0919. The molecule has 2 rings (SSSR count). The number of likely N-dealkylation sites (tertiary alicyclic amines) is 1. The lowest BCUT2D eigenvalue weighted by atomic mass is 10.1. The van der Waals surface area contributed by atoms with Crippen molar-refractivity contribution in [3.8, 4) is 0 Å². The van der Waals surface area contributed by atoms with Crippen LogP contribution in [-0.4, -0.2) is 41.5 Å². The zero-order valence-electron chi connectivity index (χ0n) is 10.4. The summed E-state index contributed by atoms with van der Waals surface area (Å²) in [5, 5.41) is 3.04. The van der Waals surface area contributed by atoms with Crippen molar-refractivity contribution < 1.29 is 4.79 Å². The minimum atomic E-state index is -0.0373. The fourth-order valence-corrected chi connectivity index (χ4v) is 3.28. The number of halogens is 1. The van der Waals surface area contributed by atoms with Crippen LogP contribution in [0.5, 0.6) is 0 Å². The van der Waals surface area contributed by atoms with Gasteiger partial charge >= 0.3 is 0 Å². The average Bonchev–Trinajstić information content (AvgIpc) is 2.78. The van der Waals surface area contributed by atoms with Crippen molar-refractivity contribution in [3.63, 3.8) is 0 Å². The first-order valence-electron chi connectivity index (χ1n) is 6.11. The molecule has 1 aliphatic rings. The third-order valence-electron chi connectivity index (χ3n) is 3.10. The summed E-state index contributed by atoms with van der Waals surface area (Å²) in [6, 6.07) is 3.71. The number of carbonyl (C=O) groups is 1. The number of hydrogen-bond donors (Lipinski definition) is 2. The Morgan fingerprint density at radius 3 is 2.74 bits per heavy atom. The molecule has 104 valence electrons. The van der Waals surface area contributed by atoms with Crippen molar-refractivity contribution >= 4 is 46.1 Å². The van der Waals surface area contributed by atoms with Crippen LogP contribution in [0.3, 0.4) is 0 Å². The molecule has 0 spiro atoms. The molecule has 0 aromatic carbocycles. The highest BCUT2D eigenvalue weighted by Crippen LogP contribution is 2.21. The molecule has 0 atom stereocenters. The molecule has 1 saturated heterocycles. The highest BCUT2D eigenvalue weighted by atomic mass is 35.5. The number of nitrogens with zero attached hydrogens (tertiary/aromatic N) is 1. The maximum Gasteiger partial charge on any atom is 0.261 e. The predicted octanol–water partition coefficient (Wildman–Crippen LogP) is 1.88. The Balaban J connectivity index is 1.79. The average molecular weight is 318 g/mol. The van der Waals surface area contributed by atoms with Gasteiger partial charge in [-0.05, 0) is 25.0 Å². The van der Waals surface area contributed by atoms with Crippen LogP contribution in [0.15, 0.2) is 12.1 Å². The van der Waals surface area contributed by atoms with Crippen molar-refractivity contribution in [3.05, 3.63) is 21.3 Å². The standard InChI is InChI=1S/C12H16ClN3OS2/c13-10-2-1-9(19-10)12(17)15-8-3-5-16(6-4-8)7-11(14)18/h1-2,8H,3-7H2,(H2,14,18)(H,15,17). The van der Waals surface area contributed by atoms with Crippen LogP contribution in [0.1, 0.15) is 22.5 Å². The molecular formula is C12H16ClN3OS2. The van der Waals surface area contributed by atoms with Crippen LogP contribution >= 0.6 is 35.2 Å². The van der Waals surface area contributed by atoms with Gasteiger partial charge in [-0.1, -0.05) is 23.8 Å². The summed E-state index contributed by atoms with van der Waals surface area (Å²) in [6.07, 6.45) is 1.85. The van der Waals surface area contributed by atoms with Gasteiger partial charge in [0.05, 0.1) is 14.2 Å². The summed E-state index contributed by atoms with van der Waals surface area (Å²) < 4.78 is 0.636. The number of amides is 1. The van der Waals surface area contributed by atoms with Crippen LogP contribution in [-0.2, 0) is 0 Å². The minimum absolute atomic E-state index is 0.0373. The number of thiophene rings is 1. The zero-order chi connectivity index (χ0) is 13.8. The van der Waals surface area contributed by atoms with Gasteiger partial charge in [0, 0.05) is 25.7 Å². The number of thiocarbonyl (C=S) groups is 1. The van der Waals surface area contributed by atoms with E-state index in [1.54, 1.807) is 12.1 Å². The third kappa shape index (κ3) is 4.42. The molecule has 0 saturated carbocycles. The van der Waals surface area contributed by atoms with Gasteiger partial charge in [0.2, 0.25) is 0 Å². The van der Waals surface area contributed by atoms with Gasteiger partial charge in [-0.2, -0.15) is 0 Å². The first-order valence-corrected chi connectivity index (χ1v) is 7.71. The quantitative estimate of drug-likeness (QED) is 0.833. The van der Waals surface area contributed by atoms with Gasteiger partial charge in [-0.15, -0.1) is 11.3 Å². The van der Waals surface area contributed by atoms with Gasteiger partial charge in [-0.3, -0.25) is 9.69 Å². The Hall–Kier alpha value is -0.690. The van der Waals surface area contributed by atoms with Crippen molar-refractivity contribution in [1.29, 1.82) is 0 Å². The molecule has 0 unspecified atom stereocenters. The van der Waals surface area contributed by atoms with E-state index < -0.39 is 0 Å². The molecule has 0 aliphatic carbocycles. The fraction of sp³-hybridized carbons (Fsp3) is 0.500. The van der Waals surface area contributed by atoms with E-state index in [2.05, 4.69) is 10.2 Å². The molecule has 2 heterocycles. The number of hydrogen-bond acceptors (Lipinski definition) is 4. The first-order chi connectivity index (χ1) is 9.04. The molecule has 19 heavy (non-hydrogen) atoms. The molecule has 0 bridgehead atoms. The van der Waals surface area contributed by atoms with Crippen molar-refractivity contribution in [2.45, 2.75) is 18.9 Å². The predicted molar refractivity (Wildman–Crippen MR) is 83.0 cm³/mol. The van der Waals surface area contributed by atoms with Gasteiger partial charge in [-0.25, -0.2) is 0 Å². The topological polar surface area (TPSA) is 58.4 Å². The number of carbonyl (C=O) groups excluding carboxylic acids is 1. The molecule has 1 fully saturated rings. The Morgan fingerprint density at radius 1 is 1.53 bits per heavy atom. The van der Waals surface area contributed by atoms with Crippen LogP contribution in [0.2, 0.25) is 4.34 Å². The Labute approximate surface area is 126 Å². The van der Waals surface area contributed by atoms with Gasteiger partial charge in [0.1, 0.15) is 0 Å². The van der Waals surface area contributed by atoms with E-state index in [0.717, 1.165) is 25.9 Å². The summed E-state index contributed by atoms with van der Waals surface area (Å²) in [5.41, 5.74) is 5.53. The van der Waals surface area contributed by atoms with E-state index in [1.807, 2.05) is 0 Å². The molecule has 0 radical (unpaired) electrons. The monoisotopic (exact) mass is 317 g/mol. The first kappa shape index (κ1) is 14.7. The van der Waals surface area contributed by atoms with Gasteiger partial charge in [0.25, 0.3) is 5.91 Å². The second kappa shape index (κ2) is 6.65. The maximum absolute atomic E-state index is 12.0. The number of rotatable bonds is 4. The third-order valence-corrected chi connectivity index (χ3v) is 4.46. The normalized spacial score (nSPS) is 17.3. The van der Waals surface area contributed by atoms with Crippen LogP contribution in [0, 0.1) is 0 Å². The second-order valence-electron chi connectivity index (χ2n) is 4.59. The molecular weight excluding hydrogens is 302 g/mol. The van der Waals surface area contributed by atoms with Crippen molar-refractivity contribution in [2.24, 2.45) is 5.73 Å². The maximum atomic E-state index is 12.0. The van der Waals surface area contributed by atoms with Crippen LogP contribution in [0.25, 0.3) is 0 Å². The summed E-state index contributed by atoms with van der Waals surface area (Å²) >= 11 is 12.0. The fourth-order valence-electron chi connectivity index (χ4n) is 2.15. The molecule has 7 heteroatoms. The van der Waals surface area contributed by atoms with E-state index in [1.165, 1.54) is 11.3 Å². The van der Waals surface area contributed by atoms with Crippen molar-refractivity contribution in [1.82, 2.24) is 10.2 Å².